The van der Waals surface area contributed by atoms with Crippen LogP contribution >= 0.6 is 12.6 Å². The van der Waals surface area contributed by atoms with Crippen molar-refractivity contribution in [1.82, 2.24) is 5.32 Å². The average molecular weight is 263 g/mol. The monoisotopic (exact) mass is 263 g/mol. The number of rotatable bonds is 4. The lowest BCUT2D eigenvalue weighted by Gasteiger charge is -2.10. The number of thiol groups is 1. The van der Waals surface area contributed by atoms with Crippen molar-refractivity contribution < 1.29 is 9.59 Å². The molecular formula is C14H17NO2S. The maximum atomic E-state index is 11.8. The van der Waals surface area contributed by atoms with Gasteiger partial charge in [-0.2, -0.15) is 12.6 Å². The molecule has 1 amide bonds. The Hall–Kier alpha value is -1.29. The lowest BCUT2D eigenvalue weighted by molar-refractivity contribution is -0.126. The standard InChI is InChI=1S/C14H17NO2S/c16-13-3-1-2-12(13)15-14(17)8-10-4-6-11(9-18)7-5-10/h4-7,12,18H,1-3,8-9H2,(H,15,17). The second-order valence-corrected chi connectivity index (χ2v) is 4.95. The molecule has 0 aliphatic heterocycles. The number of nitrogens with one attached hydrogen (secondary N) is 1. The lowest BCUT2D eigenvalue weighted by Crippen LogP contribution is -2.38. The fourth-order valence-corrected chi connectivity index (χ4v) is 2.37. The van der Waals surface area contributed by atoms with Crippen molar-refractivity contribution in [3.8, 4) is 0 Å². The maximum Gasteiger partial charge on any atom is 0.224 e. The summed E-state index contributed by atoms with van der Waals surface area (Å²) in [5.41, 5.74) is 2.09. The Labute approximate surface area is 112 Å². The quantitative estimate of drug-likeness (QED) is 0.815. The van der Waals surface area contributed by atoms with Gasteiger partial charge in [-0.15, -0.1) is 0 Å². The van der Waals surface area contributed by atoms with Gasteiger partial charge in [0.05, 0.1) is 12.5 Å². The molecule has 4 heteroatoms. The van der Waals surface area contributed by atoms with Crippen molar-refractivity contribution >= 4 is 24.3 Å². The van der Waals surface area contributed by atoms with Crippen LogP contribution in [0.3, 0.4) is 0 Å². The van der Waals surface area contributed by atoms with Crippen molar-refractivity contribution in [3.63, 3.8) is 0 Å². The number of carbonyl (C=O) groups excluding carboxylic acids is 2. The molecule has 0 heterocycles. The SMILES string of the molecule is O=C(Cc1ccc(CS)cc1)NC1CCCC1=O. The molecule has 18 heavy (non-hydrogen) atoms. The van der Waals surface area contributed by atoms with Gasteiger partial charge in [0.1, 0.15) is 0 Å². The molecule has 1 aromatic rings. The van der Waals surface area contributed by atoms with Crippen LogP contribution in [0.4, 0.5) is 0 Å². The molecule has 1 saturated carbocycles. The zero-order chi connectivity index (χ0) is 13.0. The fraction of sp³-hybridized carbons (Fsp3) is 0.429. The van der Waals surface area contributed by atoms with Crippen molar-refractivity contribution in [1.29, 1.82) is 0 Å². The minimum Gasteiger partial charge on any atom is -0.346 e. The first-order chi connectivity index (χ1) is 8.69. The lowest BCUT2D eigenvalue weighted by atomic mass is 10.1. The van der Waals surface area contributed by atoms with E-state index in [0.29, 0.717) is 18.6 Å². The fourth-order valence-electron chi connectivity index (χ4n) is 2.16. The first-order valence-corrected chi connectivity index (χ1v) is 6.83. The van der Waals surface area contributed by atoms with Crippen LogP contribution < -0.4 is 5.32 Å². The molecule has 1 unspecified atom stereocenters. The van der Waals surface area contributed by atoms with E-state index in [1.54, 1.807) is 0 Å². The van der Waals surface area contributed by atoms with E-state index >= 15 is 0 Å². The van der Waals surface area contributed by atoms with E-state index in [4.69, 9.17) is 0 Å². The summed E-state index contributed by atoms with van der Waals surface area (Å²) in [6.07, 6.45) is 2.60. The Bertz CT molecular complexity index is 442. The topological polar surface area (TPSA) is 46.2 Å². The van der Waals surface area contributed by atoms with Gasteiger partial charge >= 0.3 is 0 Å². The van der Waals surface area contributed by atoms with Gasteiger partial charge in [-0.05, 0) is 24.0 Å². The average Bonchev–Trinajstić information content (AvgIpc) is 2.76. The number of hydrogen-bond acceptors (Lipinski definition) is 3. The van der Waals surface area contributed by atoms with Gasteiger partial charge in [-0.3, -0.25) is 9.59 Å². The highest BCUT2D eigenvalue weighted by atomic mass is 32.1. The highest BCUT2D eigenvalue weighted by Gasteiger charge is 2.25. The van der Waals surface area contributed by atoms with Crippen molar-refractivity contribution in [2.45, 2.75) is 37.5 Å². The minimum atomic E-state index is -0.255. The van der Waals surface area contributed by atoms with Crippen LogP contribution in [0.2, 0.25) is 0 Å². The predicted molar refractivity (Wildman–Crippen MR) is 73.6 cm³/mol. The molecule has 0 radical (unpaired) electrons. The van der Waals surface area contributed by atoms with E-state index in [1.165, 1.54) is 0 Å². The Morgan fingerprint density at radius 3 is 2.50 bits per heavy atom. The van der Waals surface area contributed by atoms with Gasteiger partial charge in [0.25, 0.3) is 0 Å². The van der Waals surface area contributed by atoms with E-state index in [-0.39, 0.29) is 17.7 Å². The van der Waals surface area contributed by atoms with Crippen molar-refractivity contribution in [2.75, 3.05) is 0 Å². The normalized spacial score (nSPS) is 18.9. The first kappa shape index (κ1) is 13.1. The summed E-state index contributed by atoms with van der Waals surface area (Å²) in [7, 11) is 0. The molecular weight excluding hydrogens is 246 g/mol. The Morgan fingerprint density at radius 1 is 1.28 bits per heavy atom. The van der Waals surface area contributed by atoms with Gasteiger partial charge in [-0.1, -0.05) is 24.3 Å². The number of hydrogen-bond donors (Lipinski definition) is 2. The summed E-state index contributed by atoms with van der Waals surface area (Å²) in [6, 6.07) is 7.55. The van der Waals surface area contributed by atoms with Gasteiger partial charge < -0.3 is 5.32 Å². The van der Waals surface area contributed by atoms with E-state index in [2.05, 4.69) is 17.9 Å². The molecule has 1 aliphatic carbocycles. The van der Waals surface area contributed by atoms with Gasteiger partial charge in [0.15, 0.2) is 5.78 Å². The number of ketones is 1. The second kappa shape index (κ2) is 6.05. The summed E-state index contributed by atoms with van der Waals surface area (Å²) in [5, 5.41) is 2.80. The molecule has 2 rings (SSSR count). The number of carbonyl (C=O) groups is 2. The third-order valence-corrected chi connectivity index (χ3v) is 3.58. The number of benzene rings is 1. The smallest absolute Gasteiger partial charge is 0.224 e. The van der Waals surface area contributed by atoms with E-state index in [9.17, 15) is 9.59 Å². The summed E-state index contributed by atoms with van der Waals surface area (Å²) >= 11 is 4.18. The van der Waals surface area contributed by atoms with Gasteiger partial charge in [-0.25, -0.2) is 0 Å². The van der Waals surface area contributed by atoms with E-state index in [1.807, 2.05) is 24.3 Å². The van der Waals surface area contributed by atoms with Crippen molar-refractivity contribution in [2.24, 2.45) is 0 Å². The molecule has 1 aromatic carbocycles. The molecule has 0 aromatic heterocycles. The summed E-state index contributed by atoms with van der Waals surface area (Å²) in [6.45, 7) is 0. The Balaban J connectivity index is 1.88. The van der Waals surface area contributed by atoms with E-state index < -0.39 is 0 Å². The molecule has 0 saturated heterocycles. The van der Waals surface area contributed by atoms with Crippen LogP contribution in [-0.2, 0) is 21.8 Å². The van der Waals surface area contributed by atoms with Gasteiger partial charge in [0.2, 0.25) is 5.91 Å². The number of amides is 1. The Kier molecular flexibility index (Phi) is 4.42. The van der Waals surface area contributed by atoms with Gasteiger partial charge in [0, 0.05) is 12.2 Å². The highest BCUT2D eigenvalue weighted by molar-refractivity contribution is 7.79. The summed E-state index contributed by atoms with van der Waals surface area (Å²) in [5.74, 6) is 0.783. The summed E-state index contributed by atoms with van der Waals surface area (Å²) < 4.78 is 0. The molecule has 1 N–H and O–H groups in total. The largest absolute Gasteiger partial charge is 0.346 e. The molecule has 1 fully saturated rings. The van der Waals surface area contributed by atoms with Crippen LogP contribution in [0.25, 0.3) is 0 Å². The zero-order valence-corrected chi connectivity index (χ0v) is 11.1. The molecule has 1 aliphatic rings. The van der Waals surface area contributed by atoms with Crippen LogP contribution in [0.5, 0.6) is 0 Å². The highest BCUT2D eigenvalue weighted by Crippen LogP contribution is 2.14. The minimum absolute atomic E-state index is 0.0751. The molecule has 1 atom stereocenters. The number of Topliss-reactive ketones (excluding diaryl/α,β-unsaturated/α-hetero) is 1. The molecule has 3 nitrogen and oxygen atoms in total. The zero-order valence-electron chi connectivity index (χ0n) is 10.2. The molecule has 96 valence electrons. The van der Waals surface area contributed by atoms with Crippen LogP contribution in [0.15, 0.2) is 24.3 Å². The maximum absolute atomic E-state index is 11.8. The van der Waals surface area contributed by atoms with E-state index in [0.717, 1.165) is 24.0 Å². The third kappa shape index (κ3) is 3.35. The molecule has 0 spiro atoms. The van der Waals surface area contributed by atoms with Crippen LogP contribution in [0.1, 0.15) is 30.4 Å². The predicted octanol–water partition coefficient (Wildman–Crippen LogP) is 1.90. The van der Waals surface area contributed by atoms with Crippen LogP contribution in [0, 0.1) is 0 Å². The Morgan fingerprint density at radius 2 is 1.94 bits per heavy atom. The van der Waals surface area contributed by atoms with Crippen LogP contribution in [-0.4, -0.2) is 17.7 Å². The second-order valence-electron chi connectivity index (χ2n) is 4.63. The summed E-state index contributed by atoms with van der Waals surface area (Å²) in [4.78, 5) is 23.2. The first-order valence-electron chi connectivity index (χ1n) is 6.20. The molecule has 0 bridgehead atoms. The van der Waals surface area contributed by atoms with Crippen molar-refractivity contribution in [3.05, 3.63) is 35.4 Å². The third-order valence-electron chi connectivity index (χ3n) is 3.21.